The van der Waals surface area contributed by atoms with Crippen molar-refractivity contribution in [1.82, 2.24) is 9.62 Å². The summed E-state index contributed by atoms with van der Waals surface area (Å²) >= 11 is 12.6. The van der Waals surface area contributed by atoms with Crippen molar-refractivity contribution < 1.29 is 22.3 Å². The first-order valence-corrected chi connectivity index (χ1v) is 13.0. The molecular formula is C22H19Cl2FN2O4S2. The van der Waals surface area contributed by atoms with Crippen molar-refractivity contribution in [2.24, 2.45) is 0 Å². The lowest BCUT2D eigenvalue weighted by Crippen LogP contribution is -2.45. The summed E-state index contributed by atoms with van der Waals surface area (Å²) in [4.78, 5) is 12.8. The Morgan fingerprint density at radius 3 is 2.52 bits per heavy atom. The molecule has 1 aliphatic rings. The highest BCUT2D eigenvalue weighted by Crippen LogP contribution is 2.32. The monoisotopic (exact) mass is 528 g/mol. The van der Waals surface area contributed by atoms with Gasteiger partial charge in [0.1, 0.15) is 27.6 Å². The quantitative estimate of drug-likeness (QED) is 0.442. The van der Waals surface area contributed by atoms with E-state index in [9.17, 15) is 17.6 Å². The number of rotatable bonds is 7. The molecule has 1 fully saturated rings. The molecule has 4 rings (SSSR count). The maximum atomic E-state index is 13.3. The summed E-state index contributed by atoms with van der Waals surface area (Å²) in [7, 11) is -3.78. The number of ether oxygens (including phenoxy) is 1. The van der Waals surface area contributed by atoms with Crippen LogP contribution in [0.4, 0.5) is 4.39 Å². The van der Waals surface area contributed by atoms with Crippen LogP contribution >= 0.6 is 34.5 Å². The Bertz CT molecular complexity index is 1270. The second-order valence-corrected chi connectivity index (χ2v) is 11.6. The highest BCUT2D eigenvalue weighted by molar-refractivity contribution is 7.91. The predicted octanol–water partition coefficient (Wildman–Crippen LogP) is 5.46. The van der Waals surface area contributed by atoms with Crippen LogP contribution < -0.4 is 10.1 Å². The van der Waals surface area contributed by atoms with Crippen LogP contribution in [0.15, 0.2) is 58.8 Å². The molecular weight excluding hydrogens is 510 g/mol. The smallest absolute Gasteiger partial charge is 0.253 e. The third-order valence-electron chi connectivity index (χ3n) is 5.13. The van der Waals surface area contributed by atoms with E-state index in [1.807, 2.05) is 0 Å². The lowest BCUT2D eigenvalue weighted by molar-refractivity contribution is -0.124. The molecule has 1 atom stereocenters. The van der Waals surface area contributed by atoms with Crippen molar-refractivity contribution in [2.45, 2.75) is 29.6 Å². The van der Waals surface area contributed by atoms with Gasteiger partial charge in [-0.1, -0.05) is 35.3 Å². The fourth-order valence-electron chi connectivity index (χ4n) is 3.50. The van der Waals surface area contributed by atoms with Crippen molar-refractivity contribution in [1.29, 1.82) is 0 Å². The molecule has 1 amide bonds. The van der Waals surface area contributed by atoms with E-state index in [0.717, 1.165) is 16.9 Å². The van der Waals surface area contributed by atoms with Gasteiger partial charge in [-0.2, -0.15) is 4.31 Å². The molecule has 11 heteroatoms. The van der Waals surface area contributed by atoms with Gasteiger partial charge in [0.15, 0.2) is 0 Å². The van der Waals surface area contributed by atoms with Gasteiger partial charge in [-0.05, 0) is 54.8 Å². The second kappa shape index (κ2) is 9.99. The van der Waals surface area contributed by atoms with Gasteiger partial charge >= 0.3 is 0 Å². The first kappa shape index (κ1) is 24.0. The molecule has 6 nitrogen and oxygen atoms in total. The second-order valence-electron chi connectivity index (χ2n) is 7.37. The number of halogens is 3. The topological polar surface area (TPSA) is 75.7 Å². The Labute approximate surface area is 204 Å². The van der Waals surface area contributed by atoms with E-state index in [1.165, 1.54) is 34.6 Å². The Kier molecular flexibility index (Phi) is 7.25. The van der Waals surface area contributed by atoms with Crippen molar-refractivity contribution in [3.05, 3.63) is 75.3 Å². The molecule has 174 valence electrons. The summed E-state index contributed by atoms with van der Waals surface area (Å²) in [5, 5.41) is 2.78. The number of amides is 1. The van der Waals surface area contributed by atoms with E-state index in [1.54, 1.807) is 24.3 Å². The minimum atomic E-state index is -3.78. The molecule has 1 aliphatic heterocycles. The van der Waals surface area contributed by atoms with Crippen LogP contribution in [-0.4, -0.2) is 31.2 Å². The minimum Gasteiger partial charge on any atom is -0.457 e. The summed E-state index contributed by atoms with van der Waals surface area (Å²) in [5.74, 6) is 0.0513. The molecule has 0 unspecified atom stereocenters. The third kappa shape index (κ3) is 5.50. The summed E-state index contributed by atoms with van der Waals surface area (Å²) in [6, 6.07) is 13.3. The van der Waals surface area contributed by atoms with Crippen molar-refractivity contribution in [3.8, 4) is 11.5 Å². The lowest BCUT2D eigenvalue weighted by atomic mass is 10.2. The van der Waals surface area contributed by atoms with Crippen LogP contribution in [0.2, 0.25) is 9.36 Å². The van der Waals surface area contributed by atoms with Gasteiger partial charge in [0, 0.05) is 19.2 Å². The third-order valence-corrected chi connectivity index (χ3v) is 9.03. The molecule has 0 saturated carbocycles. The van der Waals surface area contributed by atoms with E-state index < -0.39 is 21.9 Å². The molecule has 1 aromatic heterocycles. The van der Waals surface area contributed by atoms with E-state index in [0.29, 0.717) is 28.7 Å². The van der Waals surface area contributed by atoms with Gasteiger partial charge in [0.2, 0.25) is 5.91 Å². The van der Waals surface area contributed by atoms with Crippen LogP contribution in [0, 0.1) is 5.82 Å². The van der Waals surface area contributed by atoms with E-state index in [2.05, 4.69) is 5.32 Å². The maximum absolute atomic E-state index is 13.3. The number of sulfonamides is 1. The zero-order valence-electron chi connectivity index (χ0n) is 17.1. The Morgan fingerprint density at radius 1 is 1.12 bits per heavy atom. The number of nitrogens with zero attached hydrogens (tertiary/aromatic N) is 1. The van der Waals surface area contributed by atoms with Crippen LogP contribution in [0.5, 0.6) is 11.5 Å². The highest BCUT2D eigenvalue weighted by Gasteiger charge is 2.39. The normalized spacial score (nSPS) is 16.6. The molecule has 1 N–H and O–H groups in total. The number of nitrogens with one attached hydrogen (secondary N) is 1. The Hall–Kier alpha value is -2.17. The summed E-state index contributed by atoms with van der Waals surface area (Å²) in [5.41, 5.74) is 0.810. The minimum absolute atomic E-state index is 0.0306. The van der Waals surface area contributed by atoms with Crippen molar-refractivity contribution in [2.75, 3.05) is 6.54 Å². The number of benzene rings is 2. The van der Waals surface area contributed by atoms with Gasteiger partial charge in [-0.15, -0.1) is 11.3 Å². The largest absolute Gasteiger partial charge is 0.457 e. The molecule has 3 aromatic rings. The Morgan fingerprint density at radius 2 is 1.85 bits per heavy atom. The standard InChI is InChI=1S/C22H19Cl2FN2O4S2/c23-17-12-16(7-8-18(17)25)31-15-5-3-14(4-6-15)13-26-22(28)19-2-1-11-27(19)33(29,30)21-10-9-20(24)32-21/h3-10,12,19H,1-2,11,13H2,(H,26,28)/t19-/m0/s1. The number of hydrogen-bond donors (Lipinski definition) is 1. The molecule has 0 radical (unpaired) electrons. The number of carbonyl (C=O) groups excluding carboxylic acids is 1. The van der Waals surface area contributed by atoms with Crippen LogP contribution in [-0.2, 0) is 21.4 Å². The number of thiophene rings is 1. The molecule has 0 spiro atoms. The van der Waals surface area contributed by atoms with Crippen molar-refractivity contribution in [3.63, 3.8) is 0 Å². The SMILES string of the molecule is O=C(NCc1ccc(Oc2ccc(F)c(Cl)c2)cc1)[C@@H]1CCCN1S(=O)(=O)c1ccc(Cl)s1. The zero-order valence-corrected chi connectivity index (χ0v) is 20.3. The average Bonchev–Trinajstić information content (AvgIpc) is 3.46. The zero-order chi connectivity index (χ0) is 23.6. The molecule has 0 bridgehead atoms. The van der Waals surface area contributed by atoms with E-state index >= 15 is 0 Å². The first-order chi connectivity index (χ1) is 15.7. The van der Waals surface area contributed by atoms with Gasteiger partial charge in [0.05, 0.1) is 9.36 Å². The fourth-order valence-corrected chi connectivity index (χ4v) is 6.94. The first-order valence-electron chi connectivity index (χ1n) is 10.0. The van der Waals surface area contributed by atoms with Gasteiger partial charge in [-0.25, -0.2) is 12.8 Å². The van der Waals surface area contributed by atoms with Crippen LogP contribution in [0.1, 0.15) is 18.4 Å². The highest BCUT2D eigenvalue weighted by atomic mass is 35.5. The fraction of sp³-hybridized carbons (Fsp3) is 0.227. The number of hydrogen-bond acceptors (Lipinski definition) is 5. The van der Waals surface area contributed by atoms with Crippen LogP contribution in [0.3, 0.4) is 0 Å². The maximum Gasteiger partial charge on any atom is 0.253 e. The predicted molar refractivity (Wildman–Crippen MR) is 126 cm³/mol. The molecule has 1 saturated heterocycles. The molecule has 2 aromatic carbocycles. The van der Waals surface area contributed by atoms with Crippen LogP contribution in [0.25, 0.3) is 0 Å². The molecule has 33 heavy (non-hydrogen) atoms. The summed E-state index contributed by atoms with van der Waals surface area (Å²) in [6.07, 6.45) is 1.06. The summed E-state index contributed by atoms with van der Waals surface area (Å²) < 4.78 is 46.5. The number of carbonyl (C=O) groups is 1. The van der Waals surface area contributed by atoms with E-state index in [-0.39, 0.29) is 28.2 Å². The molecule has 0 aliphatic carbocycles. The average molecular weight is 529 g/mol. The van der Waals surface area contributed by atoms with Gasteiger partial charge in [-0.3, -0.25) is 4.79 Å². The van der Waals surface area contributed by atoms with E-state index in [4.69, 9.17) is 27.9 Å². The van der Waals surface area contributed by atoms with Gasteiger partial charge < -0.3 is 10.1 Å². The Balaban J connectivity index is 1.36. The van der Waals surface area contributed by atoms with Gasteiger partial charge in [0.25, 0.3) is 10.0 Å². The molecule has 2 heterocycles. The lowest BCUT2D eigenvalue weighted by Gasteiger charge is -2.22. The van der Waals surface area contributed by atoms with Crippen molar-refractivity contribution >= 4 is 50.5 Å². The summed E-state index contributed by atoms with van der Waals surface area (Å²) in [6.45, 7) is 0.520.